The van der Waals surface area contributed by atoms with Crippen LogP contribution in [-0.2, 0) is 0 Å². The summed E-state index contributed by atoms with van der Waals surface area (Å²) in [5.74, 6) is 0.855. The van der Waals surface area contributed by atoms with Gasteiger partial charge in [-0.1, -0.05) is 32.1 Å². The van der Waals surface area contributed by atoms with Crippen LogP contribution in [0.3, 0.4) is 0 Å². The Bertz CT molecular complexity index is 147. The van der Waals surface area contributed by atoms with Gasteiger partial charge in [-0.2, -0.15) is 0 Å². The Balaban J connectivity index is 1.95. The van der Waals surface area contributed by atoms with E-state index in [1.165, 1.54) is 57.8 Å². The molecule has 2 fully saturated rings. The van der Waals surface area contributed by atoms with Crippen LogP contribution < -0.4 is 0 Å². The van der Waals surface area contributed by atoms with Crippen LogP contribution in [0.4, 0.5) is 0 Å². The minimum absolute atomic E-state index is 0.379. The molecule has 0 atom stereocenters. The molecule has 1 heteroatoms. The molecule has 76 valence electrons. The van der Waals surface area contributed by atoms with E-state index < -0.39 is 0 Å². The van der Waals surface area contributed by atoms with Gasteiger partial charge in [0.25, 0.3) is 0 Å². The van der Waals surface area contributed by atoms with Gasteiger partial charge in [0.2, 0.25) is 0 Å². The molecule has 0 aromatic rings. The molecule has 2 aliphatic rings. The lowest BCUT2D eigenvalue weighted by Crippen LogP contribution is -2.40. The molecular formula is C12H22O. The van der Waals surface area contributed by atoms with Crippen LogP contribution in [0.2, 0.25) is 0 Å². The van der Waals surface area contributed by atoms with E-state index >= 15 is 0 Å². The molecule has 0 saturated heterocycles. The zero-order valence-corrected chi connectivity index (χ0v) is 8.60. The first kappa shape index (κ1) is 9.51. The molecule has 0 aliphatic heterocycles. The molecule has 0 spiro atoms. The summed E-state index contributed by atoms with van der Waals surface area (Å²) < 4.78 is 0. The average Bonchev–Trinajstić information content (AvgIpc) is 2.32. The van der Waals surface area contributed by atoms with E-state index in [0.29, 0.717) is 12.0 Å². The average molecular weight is 182 g/mol. The molecule has 0 aromatic carbocycles. The molecule has 2 aliphatic carbocycles. The van der Waals surface area contributed by atoms with Crippen LogP contribution in [0.1, 0.15) is 57.8 Å². The fourth-order valence-electron chi connectivity index (χ4n) is 3.22. The van der Waals surface area contributed by atoms with Gasteiger partial charge in [0, 0.05) is 6.61 Å². The maximum absolute atomic E-state index is 9.48. The Kier molecular flexibility index (Phi) is 2.92. The fourth-order valence-corrected chi connectivity index (χ4v) is 3.22. The normalized spacial score (nSPS) is 29.3. The second-order valence-electron chi connectivity index (χ2n) is 5.06. The van der Waals surface area contributed by atoms with Gasteiger partial charge >= 0.3 is 0 Å². The Hall–Kier alpha value is -0.0400. The van der Waals surface area contributed by atoms with Crippen molar-refractivity contribution < 1.29 is 5.11 Å². The van der Waals surface area contributed by atoms with E-state index in [0.717, 1.165) is 5.92 Å². The van der Waals surface area contributed by atoms with Gasteiger partial charge in [0.05, 0.1) is 0 Å². The highest BCUT2D eigenvalue weighted by molar-refractivity contribution is 4.93. The SMILES string of the molecule is OCC1(C2CCCCCC2)CCC1. The van der Waals surface area contributed by atoms with Crippen LogP contribution >= 0.6 is 0 Å². The second kappa shape index (κ2) is 4.00. The van der Waals surface area contributed by atoms with Crippen molar-refractivity contribution in [2.24, 2.45) is 11.3 Å². The fraction of sp³-hybridized carbons (Fsp3) is 1.00. The van der Waals surface area contributed by atoms with Crippen molar-refractivity contribution in [3.63, 3.8) is 0 Å². The first-order valence-corrected chi connectivity index (χ1v) is 5.98. The van der Waals surface area contributed by atoms with Crippen LogP contribution in [0.15, 0.2) is 0 Å². The lowest BCUT2D eigenvalue weighted by molar-refractivity contribution is -0.0198. The number of aliphatic hydroxyl groups excluding tert-OH is 1. The molecule has 13 heavy (non-hydrogen) atoms. The topological polar surface area (TPSA) is 20.2 Å². The van der Waals surface area contributed by atoms with Gasteiger partial charge in [-0.05, 0) is 37.0 Å². The van der Waals surface area contributed by atoms with Crippen molar-refractivity contribution in [3.8, 4) is 0 Å². The van der Waals surface area contributed by atoms with Crippen LogP contribution in [0, 0.1) is 11.3 Å². The Morgan fingerprint density at radius 1 is 0.923 bits per heavy atom. The Labute approximate surface area is 81.5 Å². The monoisotopic (exact) mass is 182 g/mol. The van der Waals surface area contributed by atoms with Crippen molar-refractivity contribution in [2.45, 2.75) is 57.8 Å². The molecule has 2 saturated carbocycles. The summed E-state index contributed by atoms with van der Waals surface area (Å²) in [7, 11) is 0. The summed E-state index contributed by atoms with van der Waals surface area (Å²) >= 11 is 0. The predicted octanol–water partition coefficient (Wildman–Crippen LogP) is 3.12. The lowest BCUT2D eigenvalue weighted by atomic mass is 9.59. The van der Waals surface area contributed by atoms with Crippen LogP contribution in [-0.4, -0.2) is 11.7 Å². The molecule has 0 unspecified atom stereocenters. The lowest BCUT2D eigenvalue weighted by Gasteiger charge is -2.46. The molecular weight excluding hydrogens is 160 g/mol. The quantitative estimate of drug-likeness (QED) is 0.650. The molecule has 0 aromatic heterocycles. The summed E-state index contributed by atoms with van der Waals surface area (Å²) in [4.78, 5) is 0. The van der Waals surface area contributed by atoms with Crippen molar-refractivity contribution in [1.29, 1.82) is 0 Å². The highest BCUT2D eigenvalue weighted by Crippen LogP contribution is 2.51. The second-order valence-corrected chi connectivity index (χ2v) is 5.06. The van der Waals surface area contributed by atoms with Crippen LogP contribution in [0.25, 0.3) is 0 Å². The van der Waals surface area contributed by atoms with Gasteiger partial charge in [-0.15, -0.1) is 0 Å². The zero-order valence-electron chi connectivity index (χ0n) is 8.60. The molecule has 0 radical (unpaired) electrons. The summed E-state index contributed by atoms with van der Waals surface area (Å²) in [5.41, 5.74) is 0.379. The smallest absolute Gasteiger partial charge is 0.0490 e. The highest BCUT2D eigenvalue weighted by atomic mass is 16.3. The van der Waals surface area contributed by atoms with E-state index in [1.54, 1.807) is 0 Å². The number of aliphatic hydroxyl groups is 1. The van der Waals surface area contributed by atoms with E-state index in [2.05, 4.69) is 0 Å². The van der Waals surface area contributed by atoms with Gasteiger partial charge in [0.1, 0.15) is 0 Å². The maximum atomic E-state index is 9.48. The third-order valence-corrected chi connectivity index (χ3v) is 4.39. The minimum Gasteiger partial charge on any atom is -0.396 e. The molecule has 0 bridgehead atoms. The summed E-state index contributed by atoms with van der Waals surface area (Å²) in [6.45, 7) is 0.456. The molecule has 1 nitrogen and oxygen atoms in total. The summed E-state index contributed by atoms with van der Waals surface area (Å²) in [5, 5.41) is 9.48. The van der Waals surface area contributed by atoms with Gasteiger partial charge in [-0.25, -0.2) is 0 Å². The van der Waals surface area contributed by atoms with E-state index in [1.807, 2.05) is 0 Å². The van der Waals surface area contributed by atoms with Crippen molar-refractivity contribution in [1.82, 2.24) is 0 Å². The first-order valence-electron chi connectivity index (χ1n) is 5.98. The van der Waals surface area contributed by atoms with E-state index in [-0.39, 0.29) is 0 Å². The van der Waals surface area contributed by atoms with E-state index in [4.69, 9.17) is 0 Å². The zero-order chi connectivity index (χ0) is 9.15. The largest absolute Gasteiger partial charge is 0.396 e. The first-order chi connectivity index (χ1) is 6.37. The highest BCUT2D eigenvalue weighted by Gasteiger charge is 2.42. The standard InChI is InChI=1S/C12H22O/c13-10-12(8-5-9-12)11-6-3-1-2-4-7-11/h11,13H,1-10H2. The van der Waals surface area contributed by atoms with Crippen LogP contribution in [0.5, 0.6) is 0 Å². The van der Waals surface area contributed by atoms with Crippen molar-refractivity contribution in [2.75, 3.05) is 6.61 Å². The van der Waals surface area contributed by atoms with Gasteiger partial charge < -0.3 is 5.11 Å². The number of hydrogen-bond donors (Lipinski definition) is 1. The predicted molar refractivity (Wildman–Crippen MR) is 54.6 cm³/mol. The number of hydrogen-bond acceptors (Lipinski definition) is 1. The Morgan fingerprint density at radius 2 is 1.54 bits per heavy atom. The van der Waals surface area contributed by atoms with Crippen molar-refractivity contribution >= 4 is 0 Å². The third-order valence-electron chi connectivity index (χ3n) is 4.39. The van der Waals surface area contributed by atoms with Gasteiger partial charge in [0.15, 0.2) is 0 Å². The Morgan fingerprint density at radius 3 is 1.92 bits per heavy atom. The van der Waals surface area contributed by atoms with Gasteiger partial charge in [-0.3, -0.25) is 0 Å². The minimum atomic E-state index is 0.379. The molecule has 2 rings (SSSR count). The third kappa shape index (κ3) is 1.76. The molecule has 0 heterocycles. The van der Waals surface area contributed by atoms with E-state index in [9.17, 15) is 5.11 Å². The summed E-state index contributed by atoms with van der Waals surface area (Å²) in [6, 6.07) is 0. The van der Waals surface area contributed by atoms with Crippen molar-refractivity contribution in [3.05, 3.63) is 0 Å². The molecule has 1 N–H and O–H groups in total. The maximum Gasteiger partial charge on any atom is 0.0490 e. The number of rotatable bonds is 2. The summed E-state index contributed by atoms with van der Waals surface area (Å²) in [6.07, 6.45) is 12.4. The molecule has 0 amide bonds.